The maximum Gasteiger partial charge on any atom is 0.263 e. The van der Waals surface area contributed by atoms with Crippen LogP contribution >= 0.6 is 0 Å². The highest BCUT2D eigenvalue weighted by Gasteiger charge is 2.24. The Kier molecular flexibility index (Phi) is 4.37. The van der Waals surface area contributed by atoms with Gasteiger partial charge in [0, 0.05) is 13.1 Å². The van der Waals surface area contributed by atoms with E-state index < -0.39 is 6.10 Å². The largest absolute Gasteiger partial charge is 0.480 e. The first kappa shape index (κ1) is 13.4. The van der Waals surface area contributed by atoms with E-state index in [4.69, 9.17) is 14.7 Å². The highest BCUT2D eigenvalue weighted by molar-refractivity contribution is 5.81. The Morgan fingerprint density at radius 1 is 1.42 bits per heavy atom. The summed E-state index contributed by atoms with van der Waals surface area (Å²) in [6, 6.07) is 8.96. The molecule has 0 unspecified atom stereocenters. The number of nitrogens with zero attached hydrogens (tertiary/aromatic N) is 2. The van der Waals surface area contributed by atoms with Crippen molar-refractivity contribution in [1.82, 2.24) is 4.90 Å². The molecule has 1 fully saturated rings. The summed E-state index contributed by atoms with van der Waals surface area (Å²) in [7, 11) is 0. The SMILES string of the molecule is C[C@H](Oc1ccccc1C#N)C(=O)N1CCOCC1. The maximum absolute atomic E-state index is 12.2. The van der Waals surface area contributed by atoms with E-state index in [0.717, 1.165) is 0 Å². The fraction of sp³-hybridized carbons (Fsp3) is 0.429. The van der Waals surface area contributed by atoms with Crippen LogP contribution in [0.1, 0.15) is 12.5 Å². The Bertz CT molecular complexity index is 490. The van der Waals surface area contributed by atoms with Crippen LogP contribution in [0.5, 0.6) is 5.75 Å². The van der Waals surface area contributed by atoms with Crippen LogP contribution < -0.4 is 4.74 Å². The molecular formula is C14H16N2O3. The lowest BCUT2D eigenvalue weighted by Gasteiger charge is -2.29. The lowest BCUT2D eigenvalue weighted by molar-refractivity contribution is -0.142. The summed E-state index contributed by atoms with van der Waals surface area (Å²) in [5.74, 6) is 0.371. The summed E-state index contributed by atoms with van der Waals surface area (Å²) < 4.78 is 10.8. The summed E-state index contributed by atoms with van der Waals surface area (Å²) in [4.78, 5) is 13.9. The first-order valence-electron chi connectivity index (χ1n) is 6.24. The average molecular weight is 260 g/mol. The van der Waals surface area contributed by atoms with Crippen molar-refractivity contribution in [2.45, 2.75) is 13.0 Å². The Morgan fingerprint density at radius 3 is 2.79 bits per heavy atom. The van der Waals surface area contributed by atoms with Crippen molar-refractivity contribution in [2.24, 2.45) is 0 Å². The van der Waals surface area contributed by atoms with Crippen LogP contribution in [0.3, 0.4) is 0 Å². The van der Waals surface area contributed by atoms with E-state index in [0.29, 0.717) is 37.6 Å². The average Bonchev–Trinajstić information content (AvgIpc) is 2.48. The second-order valence-electron chi connectivity index (χ2n) is 4.31. The number of nitriles is 1. The van der Waals surface area contributed by atoms with E-state index in [9.17, 15) is 4.79 Å². The summed E-state index contributed by atoms with van der Waals surface area (Å²) >= 11 is 0. The number of carbonyl (C=O) groups excluding carboxylic acids is 1. The molecule has 1 aliphatic rings. The van der Waals surface area contributed by atoms with Crippen molar-refractivity contribution in [3.05, 3.63) is 29.8 Å². The van der Waals surface area contributed by atoms with E-state index in [2.05, 4.69) is 0 Å². The topological polar surface area (TPSA) is 62.6 Å². The minimum atomic E-state index is -0.604. The molecule has 1 heterocycles. The molecule has 2 rings (SSSR count). The van der Waals surface area contributed by atoms with E-state index in [-0.39, 0.29) is 5.91 Å². The van der Waals surface area contributed by atoms with Gasteiger partial charge in [-0.25, -0.2) is 0 Å². The number of benzene rings is 1. The normalized spacial score (nSPS) is 16.5. The van der Waals surface area contributed by atoms with Gasteiger partial charge in [0.25, 0.3) is 5.91 Å². The molecule has 0 N–H and O–H groups in total. The number of rotatable bonds is 3. The smallest absolute Gasteiger partial charge is 0.263 e. The zero-order chi connectivity index (χ0) is 13.7. The maximum atomic E-state index is 12.2. The molecule has 1 atom stereocenters. The number of morpholine rings is 1. The monoisotopic (exact) mass is 260 g/mol. The van der Waals surface area contributed by atoms with Gasteiger partial charge in [0.15, 0.2) is 6.10 Å². The quantitative estimate of drug-likeness (QED) is 0.818. The van der Waals surface area contributed by atoms with Crippen molar-refractivity contribution in [1.29, 1.82) is 5.26 Å². The van der Waals surface area contributed by atoms with Gasteiger partial charge in [0.05, 0.1) is 18.8 Å². The lowest BCUT2D eigenvalue weighted by Crippen LogP contribution is -2.46. The van der Waals surface area contributed by atoms with Crippen LogP contribution in [0.2, 0.25) is 0 Å². The highest BCUT2D eigenvalue weighted by atomic mass is 16.5. The highest BCUT2D eigenvalue weighted by Crippen LogP contribution is 2.18. The zero-order valence-corrected chi connectivity index (χ0v) is 10.8. The van der Waals surface area contributed by atoms with Crippen LogP contribution in [0, 0.1) is 11.3 Å². The van der Waals surface area contributed by atoms with Gasteiger partial charge >= 0.3 is 0 Å². The number of ether oxygens (including phenoxy) is 2. The molecule has 1 aromatic carbocycles. The molecule has 0 aromatic heterocycles. The third-order valence-corrected chi connectivity index (χ3v) is 2.98. The Hall–Kier alpha value is -2.06. The summed E-state index contributed by atoms with van der Waals surface area (Å²) in [6.07, 6.45) is -0.604. The van der Waals surface area contributed by atoms with E-state index in [1.165, 1.54) is 0 Å². The number of carbonyl (C=O) groups is 1. The Morgan fingerprint density at radius 2 is 2.11 bits per heavy atom. The summed E-state index contributed by atoms with van der Waals surface area (Å²) in [6.45, 7) is 4.01. The standard InChI is InChI=1S/C14H16N2O3/c1-11(14(17)16-6-8-18-9-7-16)19-13-5-3-2-4-12(13)10-15/h2-5,11H,6-9H2,1H3/t11-/m0/s1. The van der Waals surface area contributed by atoms with Crippen molar-refractivity contribution >= 4 is 5.91 Å². The zero-order valence-electron chi connectivity index (χ0n) is 10.8. The van der Waals surface area contributed by atoms with E-state index >= 15 is 0 Å². The Balaban J connectivity index is 2.02. The molecule has 1 saturated heterocycles. The van der Waals surface area contributed by atoms with E-state index in [1.807, 2.05) is 6.07 Å². The molecule has 19 heavy (non-hydrogen) atoms. The number of para-hydroxylation sites is 1. The van der Waals surface area contributed by atoms with Crippen molar-refractivity contribution in [3.8, 4) is 11.8 Å². The van der Waals surface area contributed by atoms with Gasteiger partial charge in [-0.1, -0.05) is 12.1 Å². The van der Waals surface area contributed by atoms with Gasteiger partial charge in [0.2, 0.25) is 0 Å². The first-order chi connectivity index (χ1) is 9.22. The second-order valence-corrected chi connectivity index (χ2v) is 4.31. The van der Waals surface area contributed by atoms with Crippen molar-refractivity contribution in [2.75, 3.05) is 26.3 Å². The molecule has 1 amide bonds. The van der Waals surface area contributed by atoms with Crippen LogP contribution in [-0.4, -0.2) is 43.2 Å². The molecule has 100 valence electrons. The third kappa shape index (κ3) is 3.24. The number of hydrogen-bond donors (Lipinski definition) is 0. The van der Waals surface area contributed by atoms with Gasteiger partial charge in [-0.3, -0.25) is 4.79 Å². The number of amides is 1. The number of hydrogen-bond acceptors (Lipinski definition) is 4. The van der Waals surface area contributed by atoms with Crippen LogP contribution in [0.25, 0.3) is 0 Å². The minimum Gasteiger partial charge on any atom is -0.480 e. The van der Waals surface area contributed by atoms with Crippen LogP contribution in [0.15, 0.2) is 24.3 Å². The molecule has 0 aliphatic carbocycles. The molecule has 1 aromatic rings. The van der Waals surface area contributed by atoms with Gasteiger partial charge in [-0.2, -0.15) is 5.26 Å². The van der Waals surface area contributed by atoms with Crippen molar-refractivity contribution in [3.63, 3.8) is 0 Å². The fourth-order valence-corrected chi connectivity index (χ4v) is 1.94. The molecule has 0 spiro atoms. The van der Waals surface area contributed by atoms with Crippen LogP contribution in [0.4, 0.5) is 0 Å². The minimum absolute atomic E-state index is 0.0731. The fourth-order valence-electron chi connectivity index (χ4n) is 1.94. The van der Waals surface area contributed by atoms with Gasteiger partial charge in [-0.15, -0.1) is 0 Å². The predicted molar refractivity (Wildman–Crippen MR) is 68.6 cm³/mol. The lowest BCUT2D eigenvalue weighted by atomic mass is 10.2. The molecule has 0 radical (unpaired) electrons. The molecular weight excluding hydrogens is 244 g/mol. The Labute approximate surface area is 112 Å². The molecule has 5 heteroatoms. The first-order valence-corrected chi connectivity index (χ1v) is 6.24. The third-order valence-electron chi connectivity index (χ3n) is 2.98. The van der Waals surface area contributed by atoms with Gasteiger partial charge < -0.3 is 14.4 Å². The second kappa shape index (κ2) is 6.21. The van der Waals surface area contributed by atoms with Crippen LogP contribution in [-0.2, 0) is 9.53 Å². The molecule has 1 aliphatic heterocycles. The summed E-state index contributed by atoms with van der Waals surface area (Å²) in [5.41, 5.74) is 0.434. The van der Waals surface area contributed by atoms with Gasteiger partial charge in [0.1, 0.15) is 11.8 Å². The molecule has 0 saturated carbocycles. The molecule has 0 bridgehead atoms. The predicted octanol–water partition coefficient (Wildman–Crippen LogP) is 1.18. The van der Waals surface area contributed by atoms with Crippen molar-refractivity contribution < 1.29 is 14.3 Å². The van der Waals surface area contributed by atoms with Gasteiger partial charge in [-0.05, 0) is 19.1 Å². The summed E-state index contributed by atoms with van der Waals surface area (Å²) in [5, 5.41) is 8.98. The molecule has 5 nitrogen and oxygen atoms in total. The van der Waals surface area contributed by atoms with E-state index in [1.54, 1.807) is 36.1 Å².